The zero-order valence-corrected chi connectivity index (χ0v) is 14.9. The number of thiol groups is 1. The van der Waals surface area contributed by atoms with Crippen LogP contribution in [0.3, 0.4) is 0 Å². The molecule has 0 saturated heterocycles. The number of Topliss-reactive ketones (excluding diaryl/α,β-unsaturated/α-hetero) is 1. The summed E-state index contributed by atoms with van der Waals surface area (Å²) in [5.74, 6) is -4.26. The molecule has 5 N–H and O–H groups in total. The van der Waals surface area contributed by atoms with Crippen molar-refractivity contribution in [1.29, 1.82) is 0 Å². The van der Waals surface area contributed by atoms with Gasteiger partial charge in [-0.2, -0.15) is 12.6 Å². The Bertz CT molecular complexity index is 541. The van der Waals surface area contributed by atoms with E-state index in [-0.39, 0.29) is 25.2 Å². The van der Waals surface area contributed by atoms with Crippen molar-refractivity contribution < 1.29 is 33.8 Å². The third-order valence-corrected chi connectivity index (χ3v) is 3.63. The number of nitrogens with two attached hydrogens (primary N) is 1. The number of hydrogen-bond acceptors (Lipinski definition) is 8. The van der Waals surface area contributed by atoms with Crippen molar-refractivity contribution in [3.05, 3.63) is 0 Å². The molecule has 0 fully saturated rings. The van der Waals surface area contributed by atoms with Crippen LogP contribution in [0.4, 0.5) is 0 Å². The van der Waals surface area contributed by atoms with E-state index in [1.807, 2.05) is 0 Å². The van der Waals surface area contributed by atoms with Crippen molar-refractivity contribution in [3.8, 4) is 0 Å². The number of carbonyl (C=O) groups excluding carboxylic acids is 4. The molecule has 0 aromatic rings. The van der Waals surface area contributed by atoms with Crippen molar-refractivity contribution in [2.24, 2.45) is 5.73 Å². The van der Waals surface area contributed by atoms with Crippen LogP contribution in [0.25, 0.3) is 0 Å². The number of rotatable bonds is 11. The van der Waals surface area contributed by atoms with E-state index < -0.39 is 47.7 Å². The zero-order valence-electron chi connectivity index (χ0n) is 14.0. The van der Waals surface area contributed by atoms with E-state index in [9.17, 15) is 24.0 Å². The average Bonchev–Trinajstić information content (AvgIpc) is 2.55. The van der Waals surface area contributed by atoms with Gasteiger partial charge in [0.2, 0.25) is 11.8 Å². The molecule has 0 bridgehead atoms. The zero-order chi connectivity index (χ0) is 19.6. The van der Waals surface area contributed by atoms with Gasteiger partial charge in [0.25, 0.3) is 0 Å². The fourth-order valence-electron chi connectivity index (χ4n) is 1.74. The minimum atomic E-state index is -1.95. The first-order chi connectivity index (χ1) is 11.6. The maximum absolute atomic E-state index is 11.9. The Morgan fingerprint density at radius 2 is 1.88 bits per heavy atom. The molecule has 0 aliphatic heterocycles. The summed E-state index contributed by atoms with van der Waals surface area (Å²) < 4.78 is 4.75. The van der Waals surface area contributed by atoms with Gasteiger partial charge in [0.05, 0.1) is 6.61 Å². The van der Waals surface area contributed by atoms with Crippen molar-refractivity contribution in [1.82, 2.24) is 10.6 Å². The second-order valence-electron chi connectivity index (χ2n) is 5.16. The Kier molecular flexibility index (Phi) is 9.76. The minimum absolute atomic E-state index is 0.0305. The fraction of sp³-hybridized carbons (Fsp3) is 0.643. The standard InChI is InChI=1S/C14H23N3O7S/c1-3-24-13(23)14(15,8(2)18)5-4-10(19)17-9(7-25)12(22)16-6-11(20)21/h9,25H,3-7,15H2,1-2H3,(H,16,22)(H,17,19)(H,20,21). The molecule has 0 radical (unpaired) electrons. The molecule has 0 spiro atoms. The summed E-state index contributed by atoms with van der Waals surface area (Å²) in [5, 5.41) is 13.0. The van der Waals surface area contributed by atoms with Crippen LogP contribution >= 0.6 is 12.6 Å². The third kappa shape index (κ3) is 7.52. The Morgan fingerprint density at radius 3 is 2.32 bits per heavy atom. The van der Waals surface area contributed by atoms with Gasteiger partial charge in [0.1, 0.15) is 12.6 Å². The predicted octanol–water partition coefficient (Wildman–Crippen LogP) is -1.77. The van der Waals surface area contributed by atoms with Gasteiger partial charge in [-0.1, -0.05) is 0 Å². The topological polar surface area (TPSA) is 165 Å². The SMILES string of the molecule is CCOC(=O)C(N)(CCC(=O)NC(CS)C(=O)NCC(=O)O)C(C)=O. The number of esters is 1. The van der Waals surface area contributed by atoms with Crippen LogP contribution < -0.4 is 16.4 Å². The molecular weight excluding hydrogens is 354 g/mol. The van der Waals surface area contributed by atoms with Gasteiger partial charge in [-0.15, -0.1) is 0 Å². The van der Waals surface area contributed by atoms with Crippen LogP contribution in [0.15, 0.2) is 0 Å². The van der Waals surface area contributed by atoms with Crippen LogP contribution in [-0.4, -0.2) is 65.1 Å². The van der Waals surface area contributed by atoms with E-state index in [4.69, 9.17) is 15.6 Å². The van der Waals surface area contributed by atoms with Crippen LogP contribution in [-0.2, 0) is 28.7 Å². The van der Waals surface area contributed by atoms with E-state index in [2.05, 4.69) is 23.3 Å². The molecule has 0 aliphatic rings. The van der Waals surface area contributed by atoms with E-state index >= 15 is 0 Å². The summed E-state index contributed by atoms with van der Waals surface area (Å²) in [4.78, 5) is 57.6. The average molecular weight is 377 g/mol. The molecule has 0 saturated carbocycles. The number of carboxylic acids is 1. The van der Waals surface area contributed by atoms with Crippen LogP contribution in [0, 0.1) is 0 Å². The molecule has 0 aliphatic carbocycles. The maximum Gasteiger partial charge on any atom is 0.333 e. The first-order valence-electron chi connectivity index (χ1n) is 7.45. The highest BCUT2D eigenvalue weighted by atomic mass is 32.1. The van der Waals surface area contributed by atoms with Crippen LogP contribution in [0.5, 0.6) is 0 Å². The third-order valence-electron chi connectivity index (χ3n) is 3.26. The first-order valence-corrected chi connectivity index (χ1v) is 8.08. The van der Waals surface area contributed by atoms with Crippen LogP contribution in [0.1, 0.15) is 26.7 Å². The molecule has 2 atom stereocenters. The normalized spacial score (nSPS) is 13.9. The number of aliphatic carboxylic acids is 1. The second kappa shape index (κ2) is 10.7. The number of nitrogens with one attached hydrogen (secondary N) is 2. The van der Waals surface area contributed by atoms with Crippen molar-refractivity contribution >= 4 is 42.2 Å². The van der Waals surface area contributed by atoms with Gasteiger partial charge in [0, 0.05) is 12.2 Å². The summed E-state index contributed by atoms with van der Waals surface area (Å²) in [7, 11) is 0. The Hall–Kier alpha value is -2.14. The highest BCUT2D eigenvalue weighted by Crippen LogP contribution is 2.14. The van der Waals surface area contributed by atoms with Crippen molar-refractivity contribution in [2.45, 2.75) is 38.3 Å². The van der Waals surface area contributed by atoms with Gasteiger partial charge >= 0.3 is 11.9 Å². The van der Waals surface area contributed by atoms with Gasteiger partial charge in [-0.25, -0.2) is 4.79 Å². The highest BCUT2D eigenvalue weighted by molar-refractivity contribution is 7.80. The molecular formula is C14H23N3O7S. The van der Waals surface area contributed by atoms with Gasteiger partial charge in [-0.05, 0) is 20.3 Å². The predicted molar refractivity (Wildman–Crippen MR) is 89.9 cm³/mol. The summed E-state index contributed by atoms with van der Waals surface area (Å²) in [6, 6.07) is -1.07. The number of ether oxygens (including phenoxy) is 1. The summed E-state index contributed by atoms with van der Waals surface area (Å²) >= 11 is 3.92. The summed E-state index contributed by atoms with van der Waals surface area (Å²) in [6.07, 6.45) is -0.617. The van der Waals surface area contributed by atoms with E-state index in [1.54, 1.807) is 6.92 Å². The first kappa shape index (κ1) is 22.9. The molecule has 0 aromatic heterocycles. The molecule has 0 rings (SSSR count). The lowest BCUT2D eigenvalue weighted by Gasteiger charge is -2.24. The summed E-state index contributed by atoms with van der Waals surface area (Å²) in [6.45, 7) is 2.10. The molecule has 142 valence electrons. The number of hydrogen-bond donors (Lipinski definition) is 5. The van der Waals surface area contributed by atoms with E-state index in [0.29, 0.717) is 0 Å². The van der Waals surface area contributed by atoms with Crippen LogP contribution in [0.2, 0.25) is 0 Å². The second-order valence-corrected chi connectivity index (χ2v) is 5.53. The number of amides is 2. The molecule has 11 heteroatoms. The molecule has 2 amide bonds. The molecule has 0 heterocycles. The molecule has 0 aromatic carbocycles. The van der Waals surface area contributed by atoms with E-state index in [0.717, 1.165) is 6.92 Å². The van der Waals surface area contributed by atoms with E-state index in [1.165, 1.54) is 0 Å². The lowest BCUT2D eigenvalue weighted by molar-refractivity contribution is -0.153. The Balaban J connectivity index is 4.74. The Labute approximate surface area is 150 Å². The Morgan fingerprint density at radius 1 is 1.28 bits per heavy atom. The molecule has 2 unspecified atom stereocenters. The van der Waals surface area contributed by atoms with Gasteiger partial charge in [0.15, 0.2) is 11.3 Å². The lowest BCUT2D eigenvalue weighted by atomic mass is 9.90. The van der Waals surface area contributed by atoms with Gasteiger partial charge < -0.3 is 26.2 Å². The number of ketones is 1. The maximum atomic E-state index is 11.9. The fourth-order valence-corrected chi connectivity index (χ4v) is 2.00. The van der Waals surface area contributed by atoms with Crippen molar-refractivity contribution in [3.63, 3.8) is 0 Å². The quantitative estimate of drug-likeness (QED) is 0.160. The molecule has 10 nitrogen and oxygen atoms in total. The number of carboxylic acid groups (broad SMARTS) is 1. The molecule has 25 heavy (non-hydrogen) atoms. The highest BCUT2D eigenvalue weighted by Gasteiger charge is 2.41. The smallest absolute Gasteiger partial charge is 0.333 e. The number of carbonyl (C=O) groups is 5. The lowest BCUT2D eigenvalue weighted by Crippen LogP contribution is -2.56. The van der Waals surface area contributed by atoms with Crippen molar-refractivity contribution in [2.75, 3.05) is 18.9 Å². The minimum Gasteiger partial charge on any atom is -0.480 e. The summed E-state index contributed by atoms with van der Waals surface area (Å²) in [5.41, 5.74) is 3.81. The van der Waals surface area contributed by atoms with Gasteiger partial charge in [-0.3, -0.25) is 19.2 Å². The largest absolute Gasteiger partial charge is 0.480 e. The monoisotopic (exact) mass is 377 g/mol.